The van der Waals surface area contributed by atoms with Crippen LogP contribution in [-0.2, 0) is 13.2 Å². The lowest BCUT2D eigenvalue weighted by atomic mass is 10.1. The van der Waals surface area contributed by atoms with Gasteiger partial charge in [-0.1, -0.05) is 66.2 Å². The van der Waals surface area contributed by atoms with Crippen molar-refractivity contribution in [3.63, 3.8) is 0 Å². The van der Waals surface area contributed by atoms with Crippen LogP contribution in [0.3, 0.4) is 0 Å². The average Bonchev–Trinajstić information content (AvgIpc) is 3.20. The van der Waals surface area contributed by atoms with Crippen molar-refractivity contribution >= 4 is 17.5 Å². The molecule has 0 fully saturated rings. The van der Waals surface area contributed by atoms with Crippen LogP contribution in [0, 0.1) is 11.3 Å². The van der Waals surface area contributed by atoms with E-state index in [2.05, 4.69) is 22.4 Å². The fourth-order valence-electron chi connectivity index (χ4n) is 2.93. The summed E-state index contributed by atoms with van der Waals surface area (Å²) < 4.78 is 11.4. The number of hydrogen-bond donors (Lipinski definition) is 1. The molecule has 3 aromatic carbocycles. The molecule has 0 spiro atoms. The number of nitrogens with one attached hydrogen (secondary N) is 1. The minimum atomic E-state index is 0.127. The highest BCUT2D eigenvalue weighted by molar-refractivity contribution is 6.30. The topological polar surface area (TPSA) is 71.1 Å². The molecule has 6 heteroatoms. The van der Waals surface area contributed by atoms with Crippen molar-refractivity contribution in [1.82, 2.24) is 4.98 Å². The van der Waals surface area contributed by atoms with Crippen molar-refractivity contribution < 1.29 is 9.15 Å². The first-order chi connectivity index (χ1) is 14.7. The first kappa shape index (κ1) is 19.6. The minimum Gasteiger partial charge on any atom is -0.484 e. The van der Waals surface area contributed by atoms with Crippen LogP contribution in [0.4, 0.5) is 5.88 Å². The molecule has 0 bridgehead atoms. The van der Waals surface area contributed by atoms with E-state index in [1.54, 1.807) is 0 Å². The first-order valence-electron chi connectivity index (χ1n) is 9.37. The van der Waals surface area contributed by atoms with Gasteiger partial charge >= 0.3 is 0 Å². The Hall–Kier alpha value is -3.75. The van der Waals surface area contributed by atoms with Gasteiger partial charge in [0, 0.05) is 11.6 Å². The summed E-state index contributed by atoms with van der Waals surface area (Å²) in [6.45, 7) is 0.615. The van der Waals surface area contributed by atoms with E-state index < -0.39 is 0 Å². The highest BCUT2D eigenvalue weighted by Crippen LogP contribution is 2.24. The van der Waals surface area contributed by atoms with Gasteiger partial charge in [-0.3, -0.25) is 0 Å². The van der Waals surface area contributed by atoms with Crippen molar-refractivity contribution in [2.75, 3.05) is 5.32 Å². The zero-order chi connectivity index (χ0) is 20.8. The fourth-order valence-corrected chi connectivity index (χ4v) is 3.05. The second-order valence-electron chi connectivity index (χ2n) is 6.56. The van der Waals surface area contributed by atoms with Gasteiger partial charge in [-0.05, 0) is 41.0 Å². The second kappa shape index (κ2) is 9.17. The molecular weight excluding hydrogens is 398 g/mol. The summed E-state index contributed by atoms with van der Waals surface area (Å²) in [5.74, 6) is 1.35. The van der Waals surface area contributed by atoms with Crippen LogP contribution in [0.1, 0.15) is 17.1 Å². The number of hydrogen-bond acceptors (Lipinski definition) is 5. The largest absolute Gasteiger partial charge is 0.484 e. The third-order valence-electron chi connectivity index (χ3n) is 4.47. The van der Waals surface area contributed by atoms with Gasteiger partial charge in [-0.2, -0.15) is 10.2 Å². The number of anilines is 1. The number of benzene rings is 3. The predicted molar refractivity (Wildman–Crippen MR) is 116 cm³/mol. The molecule has 0 aliphatic carbocycles. The maximum atomic E-state index is 9.32. The Morgan fingerprint density at radius 2 is 1.63 bits per heavy atom. The number of nitrogens with zero attached hydrogens (tertiary/aromatic N) is 2. The third-order valence-corrected chi connectivity index (χ3v) is 4.72. The van der Waals surface area contributed by atoms with E-state index in [1.165, 1.54) is 0 Å². The molecule has 1 N–H and O–H groups in total. The van der Waals surface area contributed by atoms with Crippen molar-refractivity contribution in [2.45, 2.75) is 13.2 Å². The fraction of sp³-hybridized carbons (Fsp3) is 0.0833. The van der Waals surface area contributed by atoms with Crippen LogP contribution in [0.5, 0.6) is 5.75 Å². The maximum absolute atomic E-state index is 9.32. The van der Waals surface area contributed by atoms with Gasteiger partial charge in [0.15, 0.2) is 6.61 Å². The molecule has 4 aromatic rings. The molecule has 5 nitrogen and oxygen atoms in total. The lowest BCUT2D eigenvalue weighted by Crippen LogP contribution is -1.99. The van der Waals surface area contributed by atoms with Crippen molar-refractivity contribution in [1.29, 1.82) is 5.26 Å². The van der Waals surface area contributed by atoms with Gasteiger partial charge in [0.25, 0.3) is 0 Å². The van der Waals surface area contributed by atoms with E-state index in [-0.39, 0.29) is 12.3 Å². The van der Waals surface area contributed by atoms with Crippen LogP contribution in [0.25, 0.3) is 11.1 Å². The smallest absolute Gasteiger partial charge is 0.236 e. The molecule has 0 aliphatic heterocycles. The number of rotatable bonds is 7. The zero-order valence-electron chi connectivity index (χ0n) is 16.0. The predicted octanol–water partition coefficient (Wildman–Crippen LogP) is 6.06. The number of halogens is 1. The molecule has 148 valence electrons. The standard InChI is InChI=1S/C24H18ClN3O2/c25-20-10-6-17(7-11-20)15-27-24-22(14-26)28-23(30-24)16-29-21-12-8-19(9-13-21)18-4-2-1-3-5-18/h1-13,27H,15-16H2. The number of oxazole rings is 1. The van der Waals surface area contributed by atoms with Crippen molar-refractivity contribution in [2.24, 2.45) is 0 Å². The van der Waals surface area contributed by atoms with Gasteiger partial charge in [0.2, 0.25) is 17.5 Å². The summed E-state index contributed by atoms with van der Waals surface area (Å²) in [4.78, 5) is 4.20. The van der Waals surface area contributed by atoms with E-state index in [0.717, 1.165) is 16.7 Å². The molecule has 4 rings (SSSR count). The summed E-state index contributed by atoms with van der Waals surface area (Å²) in [6.07, 6.45) is 0. The summed E-state index contributed by atoms with van der Waals surface area (Å²) >= 11 is 5.90. The molecule has 0 unspecified atom stereocenters. The van der Waals surface area contributed by atoms with E-state index in [1.807, 2.05) is 72.8 Å². The van der Waals surface area contributed by atoms with Gasteiger partial charge in [-0.25, -0.2) is 0 Å². The molecule has 0 aliphatic rings. The Bertz CT molecular complexity index is 1150. The summed E-state index contributed by atoms with van der Waals surface area (Å²) in [5, 5.41) is 13.1. The molecular formula is C24H18ClN3O2. The van der Waals surface area contributed by atoms with E-state index in [9.17, 15) is 5.26 Å². The molecule has 0 radical (unpaired) electrons. The van der Waals surface area contributed by atoms with E-state index in [4.69, 9.17) is 20.8 Å². The Morgan fingerprint density at radius 1 is 0.933 bits per heavy atom. The third kappa shape index (κ3) is 4.80. The highest BCUT2D eigenvalue weighted by atomic mass is 35.5. The van der Waals surface area contributed by atoms with Crippen LogP contribution < -0.4 is 10.1 Å². The first-order valence-corrected chi connectivity index (χ1v) is 9.75. The normalized spacial score (nSPS) is 10.4. The molecule has 0 saturated heterocycles. The lowest BCUT2D eigenvalue weighted by molar-refractivity contribution is 0.265. The van der Waals surface area contributed by atoms with Crippen LogP contribution in [-0.4, -0.2) is 4.98 Å². The zero-order valence-corrected chi connectivity index (χ0v) is 16.8. The Kier molecular flexibility index (Phi) is 5.98. The van der Waals surface area contributed by atoms with E-state index in [0.29, 0.717) is 29.1 Å². The van der Waals surface area contributed by atoms with Crippen molar-refractivity contribution in [3.05, 3.63) is 101 Å². The van der Waals surface area contributed by atoms with Gasteiger partial charge in [0.05, 0.1) is 0 Å². The summed E-state index contributed by atoms with van der Waals surface area (Å²) in [5.41, 5.74) is 3.46. The molecule has 1 aromatic heterocycles. The Morgan fingerprint density at radius 3 is 2.33 bits per heavy atom. The van der Waals surface area contributed by atoms with Crippen LogP contribution in [0.15, 0.2) is 83.3 Å². The summed E-state index contributed by atoms with van der Waals surface area (Å²) in [6, 6.07) is 27.4. The van der Waals surface area contributed by atoms with Crippen molar-refractivity contribution in [3.8, 4) is 22.9 Å². The Labute approximate surface area is 179 Å². The molecule has 1 heterocycles. The van der Waals surface area contributed by atoms with Gasteiger partial charge in [-0.15, -0.1) is 0 Å². The van der Waals surface area contributed by atoms with E-state index >= 15 is 0 Å². The monoisotopic (exact) mass is 415 g/mol. The summed E-state index contributed by atoms with van der Waals surface area (Å²) in [7, 11) is 0. The Balaban J connectivity index is 1.38. The highest BCUT2D eigenvalue weighted by Gasteiger charge is 2.13. The SMILES string of the molecule is N#Cc1nc(COc2ccc(-c3ccccc3)cc2)oc1NCc1ccc(Cl)cc1. The maximum Gasteiger partial charge on any atom is 0.236 e. The quantitative estimate of drug-likeness (QED) is 0.397. The molecule has 0 saturated carbocycles. The molecule has 30 heavy (non-hydrogen) atoms. The van der Waals surface area contributed by atoms with Crippen LogP contribution in [0.2, 0.25) is 5.02 Å². The molecule has 0 atom stereocenters. The number of nitriles is 1. The second-order valence-corrected chi connectivity index (χ2v) is 6.99. The average molecular weight is 416 g/mol. The van der Waals surface area contributed by atoms with Gasteiger partial charge < -0.3 is 14.5 Å². The van der Waals surface area contributed by atoms with Crippen LogP contribution >= 0.6 is 11.6 Å². The number of aromatic nitrogens is 1. The number of ether oxygens (including phenoxy) is 1. The minimum absolute atomic E-state index is 0.127. The molecule has 0 amide bonds. The van der Waals surface area contributed by atoms with Gasteiger partial charge in [0.1, 0.15) is 11.8 Å². The lowest BCUT2D eigenvalue weighted by Gasteiger charge is -2.06.